The molecule has 0 saturated carbocycles. The standard InChI is InChI=1S/C9H19N3O3/c1-3-6(2)7(10)8(13)12-4-5-15-9(11)14/h6-7H,3-5,10H2,1-2H3,(H2,11,14)(H,12,13)/t6?,7-/m0/s1. The van der Waals surface area contributed by atoms with Gasteiger partial charge in [-0.3, -0.25) is 4.79 Å². The quantitative estimate of drug-likeness (QED) is 0.525. The van der Waals surface area contributed by atoms with E-state index in [0.717, 1.165) is 6.42 Å². The van der Waals surface area contributed by atoms with Gasteiger partial charge in [0.25, 0.3) is 0 Å². The lowest BCUT2D eigenvalue weighted by Gasteiger charge is -2.17. The van der Waals surface area contributed by atoms with Crippen molar-refractivity contribution in [3.63, 3.8) is 0 Å². The molecule has 0 aromatic heterocycles. The van der Waals surface area contributed by atoms with E-state index in [9.17, 15) is 9.59 Å². The van der Waals surface area contributed by atoms with Gasteiger partial charge in [-0.25, -0.2) is 4.79 Å². The van der Waals surface area contributed by atoms with E-state index in [-0.39, 0.29) is 25.0 Å². The van der Waals surface area contributed by atoms with Crippen LogP contribution in [0.25, 0.3) is 0 Å². The zero-order chi connectivity index (χ0) is 11.8. The third-order valence-corrected chi connectivity index (χ3v) is 2.21. The number of carbonyl (C=O) groups is 2. The normalized spacial score (nSPS) is 14.1. The molecule has 0 radical (unpaired) electrons. The molecule has 0 spiro atoms. The van der Waals surface area contributed by atoms with E-state index < -0.39 is 12.1 Å². The molecule has 2 amide bonds. The van der Waals surface area contributed by atoms with Crippen LogP contribution in [0.15, 0.2) is 0 Å². The number of rotatable bonds is 6. The van der Waals surface area contributed by atoms with Crippen LogP contribution in [0.1, 0.15) is 20.3 Å². The Bertz CT molecular complexity index is 221. The Morgan fingerprint density at radius 3 is 2.53 bits per heavy atom. The Labute approximate surface area is 89.3 Å². The second kappa shape index (κ2) is 7.05. The molecular formula is C9H19N3O3. The summed E-state index contributed by atoms with van der Waals surface area (Å²) >= 11 is 0. The second-order valence-electron chi connectivity index (χ2n) is 3.37. The lowest BCUT2D eigenvalue weighted by molar-refractivity contribution is -0.123. The van der Waals surface area contributed by atoms with E-state index >= 15 is 0 Å². The van der Waals surface area contributed by atoms with Crippen molar-refractivity contribution in [3.8, 4) is 0 Å². The average Bonchev–Trinajstić information content (AvgIpc) is 2.21. The molecule has 0 fully saturated rings. The van der Waals surface area contributed by atoms with E-state index in [4.69, 9.17) is 11.5 Å². The maximum absolute atomic E-state index is 11.4. The predicted molar refractivity (Wildman–Crippen MR) is 56.0 cm³/mol. The summed E-state index contributed by atoms with van der Waals surface area (Å²) in [6.07, 6.45) is -0.0118. The highest BCUT2D eigenvalue weighted by atomic mass is 16.5. The number of carbonyl (C=O) groups excluding carboxylic acids is 2. The van der Waals surface area contributed by atoms with E-state index in [2.05, 4.69) is 10.1 Å². The van der Waals surface area contributed by atoms with E-state index in [1.165, 1.54) is 0 Å². The number of hydrogen-bond acceptors (Lipinski definition) is 4. The smallest absolute Gasteiger partial charge is 0.404 e. The number of amides is 2. The van der Waals surface area contributed by atoms with Crippen LogP contribution in [0.3, 0.4) is 0 Å². The fourth-order valence-electron chi connectivity index (χ4n) is 0.956. The van der Waals surface area contributed by atoms with Gasteiger partial charge in [-0.05, 0) is 5.92 Å². The van der Waals surface area contributed by atoms with Crippen molar-refractivity contribution in [1.82, 2.24) is 5.32 Å². The summed E-state index contributed by atoms with van der Waals surface area (Å²) in [5.41, 5.74) is 10.4. The largest absolute Gasteiger partial charge is 0.448 e. The summed E-state index contributed by atoms with van der Waals surface area (Å²) in [5.74, 6) is -0.112. The van der Waals surface area contributed by atoms with Gasteiger partial charge in [0.15, 0.2) is 0 Å². The highest BCUT2D eigenvalue weighted by Crippen LogP contribution is 2.04. The number of nitrogens with one attached hydrogen (secondary N) is 1. The summed E-state index contributed by atoms with van der Waals surface area (Å²) in [6.45, 7) is 4.17. The van der Waals surface area contributed by atoms with Crippen LogP contribution >= 0.6 is 0 Å². The van der Waals surface area contributed by atoms with Crippen molar-refractivity contribution < 1.29 is 14.3 Å². The summed E-state index contributed by atoms with van der Waals surface area (Å²) in [4.78, 5) is 21.6. The van der Waals surface area contributed by atoms with Crippen LogP contribution in [0.4, 0.5) is 4.79 Å². The number of hydrogen-bond donors (Lipinski definition) is 3. The van der Waals surface area contributed by atoms with Crippen LogP contribution in [-0.2, 0) is 9.53 Å². The Morgan fingerprint density at radius 1 is 1.47 bits per heavy atom. The van der Waals surface area contributed by atoms with Crippen molar-refractivity contribution in [1.29, 1.82) is 0 Å². The van der Waals surface area contributed by atoms with Gasteiger partial charge in [-0.2, -0.15) is 0 Å². The maximum Gasteiger partial charge on any atom is 0.404 e. The molecule has 1 unspecified atom stereocenters. The zero-order valence-electron chi connectivity index (χ0n) is 9.16. The Kier molecular flexibility index (Phi) is 6.44. The molecule has 0 bridgehead atoms. The highest BCUT2D eigenvalue weighted by Gasteiger charge is 2.18. The van der Waals surface area contributed by atoms with Gasteiger partial charge >= 0.3 is 6.09 Å². The molecule has 0 aromatic rings. The topological polar surface area (TPSA) is 107 Å². The number of primary amides is 1. The molecule has 15 heavy (non-hydrogen) atoms. The lowest BCUT2D eigenvalue weighted by Crippen LogP contribution is -2.45. The fourth-order valence-corrected chi connectivity index (χ4v) is 0.956. The first-order valence-electron chi connectivity index (χ1n) is 4.94. The number of nitrogens with two attached hydrogens (primary N) is 2. The molecule has 0 aliphatic heterocycles. The highest BCUT2D eigenvalue weighted by molar-refractivity contribution is 5.81. The first-order valence-corrected chi connectivity index (χ1v) is 4.94. The van der Waals surface area contributed by atoms with Crippen LogP contribution in [0.5, 0.6) is 0 Å². The van der Waals surface area contributed by atoms with E-state index in [0.29, 0.717) is 0 Å². The van der Waals surface area contributed by atoms with Gasteiger partial charge in [-0.1, -0.05) is 20.3 Å². The van der Waals surface area contributed by atoms with Gasteiger partial charge in [0, 0.05) is 0 Å². The van der Waals surface area contributed by atoms with Crippen molar-refractivity contribution in [2.45, 2.75) is 26.3 Å². The van der Waals surface area contributed by atoms with Crippen molar-refractivity contribution in [2.24, 2.45) is 17.4 Å². The van der Waals surface area contributed by atoms with Crippen LogP contribution < -0.4 is 16.8 Å². The number of ether oxygens (including phenoxy) is 1. The van der Waals surface area contributed by atoms with Crippen molar-refractivity contribution in [2.75, 3.05) is 13.2 Å². The molecule has 2 atom stereocenters. The molecule has 0 rings (SSSR count). The molecule has 88 valence electrons. The van der Waals surface area contributed by atoms with Crippen molar-refractivity contribution in [3.05, 3.63) is 0 Å². The Morgan fingerprint density at radius 2 is 2.07 bits per heavy atom. The van der Waals surface area contributed by atoms with Crippen LogP contribution in [-0.4, -0.2) is 31.2 Å². The fraction of sp³-hybridized carbons (Fsp3) is 0.778. The maximum atomic E-state index is 11.4. The van der Waals surface area contributed by atoms with Gasteiger partial charge in [0.1, 0.15) is 6.61 Å². The van der Waals surface area contributed by atoms with Gasteiger partial charge in [0.2, 0.25) is 5.91 Å². The molecule has 6 heteroatoms. The first kappa shape index (κ1) is 13.7. The third-order valence-electron chi connectivity index (χ3n) is 2.21. The minimum Gasteiger partial charge on any atom is -0.448 e. The van der Waals surface area contributed by atoms with Gasteiger partial charge in [0.05, 0.1) is 12.6 Å². The predicted octanol–water partition coefficient (Wildman–Crippen LogP) is -0.429. The lowest BCUT2D eigenvalue weighted by atomic mass is 9.99. The van der Waals surface area contributed by atoms with Crippen LogP contribution in [0.2, 0.25) is 0 Å². The minimum atomic E-state index is -0.851. The molecule has 6 nitrogen and oxygen atoms in total. The van der Waals surface area contributed by atoms with Crippen molar-refractivity contribution >= 4 is 12.0 Å². The van der Waals surface area contributed by atoms with Gasteiger partial charge in [-0.15, -0.1) is 0 Å². The molecule has 0 aliphatic carbocycles. The first-order chi connectivity index (χ1) is 6.99. The minimum absolute atomic E-state index is 0.0638. The molecular weight excluding hydrogens is 198 g/mol. The second-order valence-corrected chi connectivity index (χ2v) is 3.37. The Balaban J connectivity index is 3.69. The third kappa shape index (κ3) is 5.90. The Hall–Kier alpha value is -1.30. The molecule has 0 saturated heterocycles. The molecule has 0 aromatic carbocycles. The zero-order valence-corrected chi connectivity index (χ0v) is 9.16. The summed E-state index contributed by atoms with van der Waals surface area (Å²) in [5, 5.41) is 2.56. The van der Waals surface area contributed by atoms with E-state index in [1.807, 2.05) is 13.8 Å². The summed E-state index contributed by atoms with van der Waals surface area (Å²) in [6, 6.07) is -0.524. The van der Waals surface area contributed by atoms with Gasteiger partial charge < -0.3 is 21.5 Å². The summed E-state index contributed by atoms with van der Waals surface area (Å²) in [7, 11) is 0. The monoisotopic (exact) mass is 217 g/mol. The SMILES string of the molecule is CCC(C)[C@H](N)C(=O)NCCOC(N)=O. The van der Waals surface area contributed by atoms with Crippen LogP contribution in [0, 0.1) is 5.92 Å². The molecule has 0 heterocycles. The molecule has 0 aliphatic rings. The summed E-state index contributed by atoms with van der Waals surface area (Å²) < 4.78 is 4.44. The van der Waals surface area contributed by atoms with E-state index in [1.54, 1.807) is 0 Å². The average molecular weight is 217 g/mol. The molecule has 5 N–H and O–H groups in total.